The third-order valence-electron chi connectivity index (χ3n) is 2.89. The predicted molar refractivity (Wildman–Crippen MR) is 82.4 cm³/mol. The third kappa shape index (κ3) is 4.76. The minimum absolute atomic E-state index is 0.0552. The summed E-state index contributed by atoms with van der Waals surface area (Å²) in [4.78, 5) is 15.9. The summed E-state index contributed by atoms with van der Waals surface area (Å²) in [7, 11) is 0. The van der Waals surface area contributed by atoms with Crippen molar-refractivity contribution >= 4 is 17.5 Å². The van der Waals surface area contributed by atoms with E-state index in [2.05, 4.69) is 10.3 Å². The molecule has 0 spiro atoms. The fourth-order valence-electron chi connectivity index (χ4n) is 1.91. The number of amides is 1. The lowest BCUT2D eigenvalue weighted by Gasteiger charge is -2.11. The number of ether oxygens (including phenoxy) is 1. The lowest BCUT2D eigenvalue weighted by atomic mass is 10.1. The Kier molecular flexibility index (Phi) is 5.58. The van der Waals surface area contributed by atoms with Crippen LogP contribution in [0.25, 0.3) is 0 Å². The molecular weight excluding hydrogens is 288 g/mol. The van der Waals surface area contributed by atoms with E-state index in [1.165, 1.54) is 0 Å². The SMILES string of the molecule is CCOc1cc(Cl)ccc1CNC(=O)Cc1cccnc1. The van der Waals surface area contributed by atoms with Crippen LogP contribution in [0.15, 0.2) is 42.7 Å². The second kappa shape index (κ2) is 7.64. The smallest absolute Gasteiger partial charge is 0.224 e. The first kappa shape index (κ1) is 15.3. The van der Waals surface area contributed by atoms with Crippen LogP contribution in [0.5, 0.6) is 5.75 Å². The quantitative estimate of drug-likeness (QED) is 0.892. The van der Waals surface area contributed by atoms with Crippen molar-refractivity contribution in [3.8, 4) is 5.75 Å². The molecule has 21 heavy (non-hydrogen) atoms. The van der Waals surface area contributed by atoms with Crippen LogP contribution in [0.1, 0.15) is 18.1 Å². The molecular formula is C16H17ClN2O2. The Morgan fingerprint density at radius 1 is 1.38 bits per heavy atom. The second-order valence-electron chi connectivity index (χ2n) is 4.50. The van der Waals surface area contributed by atoms with Crippen LogP contribution in [0.3, 0.4) is 0 Å². The van der Waals surface area contributed by atoms with Gasteiger partial charge in [0.25, 0.3) is 0 Å². The van der Waals surface area contributed by atoms with Crippen LogP contribution in [-0.4, -0.2) is 17.5 Å². The minimum atomic E-state index is -0.0552. The van der Waals surface area contributed by atoms with Crippen molar-refractivity contribution in [2.24, 2.45) is 0 Å². The van der Waals surface area contributed by atoms with Gasteiger partial charge in [-0.25, -0.2) is 0 Å². The summed E-state index contributed by atoms with van der Waals surface area (Å²) < 4.78 is 5.52. The Morgan fingerprint density at radius 3 is 2.95 bits per heavy atom. The monoisotopic (exact) mass is 304 g/mol. The Hall–Kier alpha value is -2.07. The van der Waals surface area contributed by atoms with Gasteiger partial charge < -0.3 is 10.1 Å². The molecule has 1 aromatic carbocycles. The van der Waals surface area contributed by atoms with E-state index in [-0.39, 0.29) is 5.91 Å². The summed E-state index contributed by atoms with van der Waals surface area (Å²) in [5.74, 6) is 0.645. The number of carbonyl (C=O) groups excluding carboxylic acids is 1. The van der Waals surface area contributed by atoms with Gasteiger partial charge in [0.1, 0.15) is 5.75 Å². The van der Waals surface area contributed by atoms with E-state index < -0.39 is 0 Å². The zero-order chi connectivity index (χ0) is 15.1. The molecule has 1 aromatic heterocycles. The van der Waals surface area contributed by atoms with E-state index in [0.29, 0.717) is 30.3 Å². The number of benzene rings is 1. The van der Waals surface area contributed by atoms with Crippen LogP contribution in [0.4, 0.5) is 0 Å². The number of pyridine rings is 1. The van der Waals surface area contributed by atoms with E-state index >= 15 is 0 Å². The normalized spacial score (nSPS) is 10.2. The molecule has 0 saturated heterocycles. The molecule has 1 N–H and O–H groups in total. The average molecular weight is 305 g/mol. The Morgan fingerprint density at radius 2 is 2.24 bits per heavy atom. The van der Waals surface area contributed by atoms with Crippen molar-refractivity contribution in [3.05, 3.63) is 58.9 Å². The van der Waals surface area contributed by atoms with Crippen molar-refractivity contribution in [3.63, 3.8) is 0 Å². The van der Waals surface area contributed by atoms with Gasteiger partial charge in [0.15, 0.2) is 0 Å². The largest absolute Gasteiger partial charge is 0.493 e. The number of hydrogen-bond acceptors (Lipinski definition) is 3. The summed E-state index contributed by atoms with van der Waals surface area (Å²) in [5.41, 5.74) is 1.79. The Bertz CT molecular complexity index is 602. The zero-order valence-corrected chi connectivity index (χ0v) is 12.6. The molecule has 5 heteroatoms. The molecule has 0 unspecified atom stereocenters. The average Bonchev–Trinajstić information content (AvgIpc) is 2.48. The minimum Gasteiger partial charge on any atom is -0.493 e. The van der Waals surface area contributed by atoms with E-state index in [1.807, 2.05) is 25.1 Å². The number of aromatic nitrogens is 1. The Balaban J connectivity index is 1.95. The maximum absolute atomic E-state index is 11.9. The fraction of sp³-hybridized carbons (Fsp3) is 0.250. The van der Waals surface area contributed by atoms with Crippen LogP contribution in [0.2, 0.25) is 5.02 Å². The number of carbonyl (C=O) groups is 1. The molecule has 1 heterocycles. The first-order valence-electron chi connectivity index (χ1n) is 6.76. The van der Waals surface area contributed by atoms with E-state index in [0.717, 1.165) is 11.1 Å². The summed E-state index contributed by atoms with van der Waals surface area (Å²) in [6.07, 6.45) is 3.68. The van der Waals surface area contributed by atoms with Gasteiger partial charge in [-0.2, -0.15) is 0 Å². The highest BCUT2D eigenvalue weighted by Gasteiger charge is 2.07. The molecule has 2 aromatic rings. The number of nitrogens with zero attached hydrogens (tertiary/aromatic N) is 1. The number of rotatable bonds is 6. The molecule has 0 fully saturated rings. The van der Waals surface area contributed by atoms with Crippen molar-refractivity contribution in [1.82, 2.24) is 10.3 Å². The van der Waals surface area contributed by atoms with Gasteiger partial charge in [-0.15, -0.1) is 0 Å². The van der Waals surface area contributed by atoms with E-state index in [1.54, 1.807) is 24.5 Å². The predicted octanol–water partition coefficient (Wildman–Crippen LogP) is 2.99. The first-order chi connectivity index (χ1) is 10.2. The molecule has 0 radical (unpaired) electrons. The second-order valence-corrected chi connectivity index (χ2v) is 4.94. The van der Waals surface area contributed by atoms with Crippen molar-refractivity contribution < 1.29 is 9.53 Å². The number of halogens is 1. The highest BCUT2D eigenvalue weighted by Crippen LogP contribution is 2.23. The lowest BCUT2D eigenvalue weighted by molar-refractivity contribution is -0.120. The van der Waals surface area contributed by atoms with Gasteiger partial charge in [-0.1, -0.05) is 23.7 Å². The van der Waals surface area contributed by atoms with Crippen molar-refractivity contribution in [1.29, 1.82) is 0 Å². The standard InChI is InChI=1S/C16H17ClN2O2/c1-2-21-15-9-14(17)6-5-13(15)11-19-16(20)8-12-4-3-7-18-10-12/h3-7,9-10H,2,8,11H2,1H3,(H,19,20). The van der Waals surface area contributed by atoms with Gasteiger partial charge in [-0.3, -0.25) is 9.78 Å². The highest BCUT2D eigenvalue weighted by atomic mass is 35.5. The van der Waals surface area contributed by atoms with Gasteiger partial charge in [0.05, 0.1) is 13.0 Å². The van der Waals surface area contributed by atoms with Crippen LogP contribution in [-0.2, 0) is 17.8 Å². The fourth-order valence-corrected chi connectivity index (χ4v) is 2.07. The summed E-state index contributed by atoms with van der Waals surface area (Å²) in [5, 5.41) is 3.49. The number of nitrogens with one attached hydrogen (secondary N) is 1. The van der Waals surface area contributed by atoms with Gasteiger partial charge in [0, 0.05) is 29.5 Å². The van der Waals surface area contributed by atoms with Crippen molar-refractivity contribution in [2.75, 3.05) is 6.61 Å². The highest BCUT2D eigenvalue weighted by molar-refractivity contribution is 6.30. The molecule has 0 aliphatic carbocycles. The number of hydrogen-bond donors (Lipinski definition) is 1. The van der Waals surface area contributed by atoms with Crippen LogP contribution < -0.4 is 10.1 Å². The summed E-state index contributed by atoms with van der Waals surface area (Å²) in [6.45, 7) is 2.87. The topological polar surface area (TPSA) is 51.2 Å². The van der Waals surface area contributed by atoms with E-state index in [4.69, 9.17) is 16.3 Å². The van der Waals surface area contributed by atoms with Crippen molar-refractivity contribution in [2.45, 2.75) is 19.9 Å². The van der Waals surface area contributed by atoms with E-state index in [9.17, 15) is 4.79 Å². The zero-order valence-electron chi connectivity index (χ0n) is 11.8. The summed E-state index contributed by atoms with van der Waals surface area (Å²) >= 11 is 5.95. The molecule has 0 bridgehead atoms. The molecule has 2 rings (SSSR count). The first-order valence-corrected chi connectivity index (χ1v) is 7.13. The van der Waals surface area contributed by atoms with Crippen LogP contribution in [0, 0.1) is 0 Å². The maximum atomic E-state index is 11.9. The van der Waals surface area contributed by atoms with Gasteiger partial charge in [0.2, 0.25) is 5.91 Å². The molecule has 0 aliphatic heterocycles. The molecule has 0 saturated carbocycles. The Labute approximate surface area is 129 Å². The molecule has 0 atom stereocenters. The molecule has 4 nitrogen and oxygen atoms in total. The molecule has 0 aliphatic rings. The third-order valence-corrected chi connectivity index (χ3v) is 3.13. The lowest BCUT2D eigenvalue weighted by Crippen LogP contribution is -2.24. The maximum Gasteiger partial charge on any atom is 0.224 e. The molecule has 1 amide bonds. The van der Waals surface area contributed by atoms with Gasteiger partial charge >= 0.3 is 0 Å². The summed E-state index contributed by atoms with van der Waals surface area (Å²) in [6, 6.07) is 9.09. The van der Waals surface area contributed by atoms with Crippen LogP contribution >= 0.6 is 11.6 Å². The molecule has 110 valence electrons. The van der Waals surface area contributed by atoms with Gasteiger partial charge in [-0.05, 0) is 30.7 Å².